The zero-order valence-corrected chi connectivity index (χ0v) is 38.2. The summed E-state index contributed by atoms with van der Waals surface area (Å²) in [6.07, 6.45) is -7.27. The van der Waals surface area contributed by atoms with Crippen LogP contribution in [-0.2, 0) is 87.0 Å². The summed E-state index contributed by atoms with van der Waals surface area (Å²) in [4.78, 5) is 3.30. The molecule has 6 aromatic rings. The standard InChI is InChI=1S/C55H59N3O10/c1-59-55-53(65-37-45-30-18-7-19-31-45)52(64-36-44-28-16-6-17-29-44)50(62-34-42-24-12-4-13-25-42)47(68-55)39-66-54-48(57-58-56)51(63-35-43-26-14-5-15-27-43)49(61-33-41-22-10-3-11-23-41)46(67-54)38-60-32-40-20-8-2-9-21-40/h2-31,46-55H,32-39H2,1H3/t46-,47-,48-,49+,50-,51-,52+,53-,54-,55+/m1/s1. The van der Waals surface area contributed by atoms with Gasteiger partial charge in [0.25, 0.3) is 0 Å². The lowest BCUT2D eigenvalue weighted by atomic mass is 9.96. The van der Waals surface area contributed by atoms with Crippen molar-refractivity contribution in [3.63, 3.8) is 0 Å². The fourth-order valence-electron chi connectivity index (χ4n) is 8.40. The normalized spacial score (nSPS) is 24.8. The summed E-state index contributed by atoms with van der Waals surface area (Å²) in [5.74, 6) is 0. The molecule has 2 heterocycles. The average molecular weight is 922 g/mol. The van der Waals surface area contributed by atoms with Gasteiger partial charge in [-0.2, -0.15) is 0 Å². The lowest BCUT2D eigenvalue weighted by Crippen LogP contribution is -2.63. The Labute approximate surface area is 398 Å². The second kappa shape index (κ2) is 26.1. The van der Waals surface area contributed by atoms with Gasteiger partial charge in [-0.05, 0) is 38.9 Å². The Balaban J connectivity index is 1.10. The van der Waals surface area contributed by atoms with Gasteiger partial charge in [0.15, 0.2) is 12.6 Å². The summed E-state index contributed by atoms with van der Waals surface area (Å²) in [7, 11) is 1.58. The number of hydrogen-bond donors (Lipinski definition) is 0. The summed E-state index contributed by atoms with van der Waals surface area (Å²) < 4.78 is 66.6. The van der Waals surface area contributed by atoms with Crippen LogP contribution in [0.5, 0.6) is 0 Å². The molecule has 8 rings (SSSR count). The maximum atomic E-state index is 10.2. The second-order valence-corrected chi connectivity index (χ2v) is 16.7. The molecule has 0 spiro atoms. The van der Waals surface area contributed by atoms with Crippen LogP contribution < -0.4 is 0 Å². The average Bonchev–Trinajstić information content (AvgIpc) is 3.40. The Morgan fingerprint density at radius 2 is 0.735 bits per heavy atom. The third-order valence-electron chi connectivity index (χ3n) is 11.9. The number of methoxy groups -OCH3 is 1. The first-order valence-corrected chi connectivity index (χ1v) is 23.0. The van der Waals surface area contributed by atoms with Crippen LogP contribution in [0.2, 0.25) is 0 Å². The van der Waals surface area contributed by atoms with Gasteiger partial charge in [-0.3, -0.25) is 0 Å². The first kappa shape index (κ1) is 48.7. The van der Waals surface area contributed by atoms with E-state index in [0.717, 1.165) is 33.4 Å². The molecule has 2 aliphatic heterocycles. The molecule has 354 valence electrons. The van der Waals surface area contributed by atoms with Crippen LogP contribution in [0.4, 0.5) is 0 Å². The molecular formula is C55H59N3O10. The molecular weight excluding hydrogens is 863 g/mol. The predicted octanol–water partition coefficient (Wildman–Crippen LogP) is 9.92. The minimum Gasteiger partial charge on any atom is -0.374 e. The van der Waals surface area contributed by atoms with Crippen molar-refractivity contribution in [1.29, 1.82) is 0 Å². The van der Waals surface area contributed by atoms with Gasteiger partial charge in [-0.15, -0.1) is 0 Å². The summed E-state index contributed by atoms with van der Waals surface area (Å²) >= 11 is 0. The topological polar surface area (TPSA) is 141 Å². The Morgan fingerprint density at radius 1 is 0.397 bits per heavy atom. The van der Waals surface area contributed by atoms with Crippen molar-refractivity contribution in [2.45, 2.75) is 101 Å². The molecule has 2 saturated heterocycles. The molecule has 0 N–H and O–H groups in total. The molecule has 0 radical (unpaired) electrons. The van der Waals surface area contributed by atoms with Gasteiger partial charge in [-0.25, -0.2) is 0 Å². The number of hydrogen-bond acceptors (Lipinski definition) is 11. The molecule has 2 fully saturated rings. The van der Waals surface area contributed by atoms with E-state index >= 15 is 0 Å². The maximum Gasteiger partial charge on any atom is 0.186 e. The zero-order valence-electron chi connectivity index (χ0n) is 38.2. The highest BCUT2D eigenvalue weighted by Crippen LogP contribution is 2.35. The van der Waals surface area contributed by atoms with Crippen LogP contribution in [0, 0.1) is 0 Å². The van der Waals surface area contributed by atoms with E-state index in [1.807, 2.05) is 182 Å². The molecule has 13 heteroatoms. The van der Waals surface area contributed by atoms with Crippen LogP contribution in [0.3, 0.4) is 0 Å². The van der Waals surface area contributed by atoms with Crippen LogP contribution >= 0.6 is 0 Å². The van der Waals surface area contributed by atoms with Gasteiger partial charge in [0.2, 0.25) is 0 Å². The highest BCUT2D eigenvalue weighted by molar-refractivity contribution is 5.18. The lowest BCUT2D eigenvalue weighted by Gasteiger charge is -2.47. The molecule has 2 aliphatic rings. The Kier molecular flexibility index (Phi) is 18.7. The smallest absolute Gasteiger partial charge is 0.186 e. The van der Waals surface area contributed by atoms with Gasteiger partial charge in [-0.1, -0.05) is 187 Å². The van der Waals surface area contributed by atoms with E-state index in [9.17, 15) is 5.53 Å². The van der Waals surface area contributed by atoms with Crippen molar-refractivity contribution in [2.75, 3.05) is 20.3 Å². The largest absolute Gasteiger partial charge is 0.374 e. The Bertz CT molecular complexity index is 2370. The van der Waals surface area contributed by atoms with E-state index in [4.69, 9.17) is 47.4 Å². The first-order chi connectivity index (χ1) is 33.6. The van der Waals surface area contributed by atoms with Gasteiger partial charge < -0.3 is 47.4 Å². The van der Waals surface area contributed by atoms with E-state index < -0.39 is 61.3 Å². The quantitative estimate of drug-likeness (QED) is 0.0327. The molecule has 10 atom stereocenters. The SMILES string of the molecule is CO[C@H]1O[C@H](CO[C@@H]2O[C@H](COCc3ccccc3)[C@H](OCc3ccccc3)[C@H](OCc3ccccc3)[C@H]2N=[N+]=[N-])[C@@H](OCc2ccccc2)[C@H](OCc2ccccc2)[C@H]1OCc1ccccc1. The van der Waals surface area contributed by atoms with Crippen molar-refractivity contribution in [2.24, 2.45) is 5.11 Å². The summed E-state index contributed by atoms with van der Waals surface area (Å²) in [6, 6.07) is 58.3. The highest BCUT2D eigenvalue weighted by Gasteiger charge is 2.51. The van der Waals surface area contributed by atoms with Crippen molar-refractivity contribution in [3.05, 3.63) is 226 Å². The maximum absolute atomic E-state index is 10.2. The van der Waals surface area contributed by atoms with Crippen molar-refractivity contribution in [3.8, 4) is 0 Å². The summed E-state index contributed by atoms with van der Waals surface area (Å²) in [5.41, 5.74) is 16.0. The monoisotopic (exact) mass is 921 g/mol. The van der Waals surface area contributed by atoms with Crippen LogP contribution in [0.25, 0.3) is 10.4 Å². The lowest BCUT2D eigenvalue weighted by molar-refractivity contribution is -0.336. The molecule has 0 aromatic heterocycles. The number of azide groups is 1. The second-order valence-electron chi connectivity index (χ2n) is 16.7. The number of nitrogens with zero attached hydrogens (tertiary/aromatic N) is 3. The third kappa shape index (κ3) is 13.9. The van der Waals surface area contributed by atoms with Gasteiger partial charge in [0.05, 0.1) is 52.9 Å². The van der Waals surface area contributed by atoms with Crippen molar-refractivity contribution >= 4 is 0 Å². The fourth-order valence-corrected chi connectivity index (χ4v) is 8.40. The number of rotatable bonds is 24. The molecule has 0 amide bonds. The summed E-state index contributed by atoms with van der Waals surface area (Å²) in [6.45, 7) is 1.62. The van der Waals surface area contributed by atoms with Gasteiger partial charge in [0, 0.05) is 12.0 Å². The van der Waals surface area contributed by atoms with Crippen molar-refractivity contribution in [1.82, 2.24) is 0 Å². The predicted molar refractivity (Wildman–Crippen MR) is 254 cm³/mol. The van der Waals surface area contributed by atoms with Crippen LogP contribution in [0.15, 0.2) is 187 Å². The zero-order chi connectivity index (χ0) is 46.6. The van der Waals surface area contributed by atoms with E-state index in [-0.39, 0.29) is 46.2 Å². The number of ether oxygens (including phenoxy) is 10. The molecule has 0 unspecified atom stereocenters. The van der Waals surface area contributed by atoms with Crippen LogP contribution in [0.1, 0.15) is 33.4 Å². The highest BCUT2D eigenvalue weighted by atomic mass is 16.7. The minimum atomic E-state index is -1.14. The van der Waals surface area contributed by atoms with E-state index in [0.29, 0.717) is 6.61 Å². The molecule has 0 bridgehead atoms. The Hall–Kier alpha value is -5.77. The molecule has 0 aliphatic carbocycles. The summed E-state index contributed by atoms with van der Waals surface area (Å²) in [5, 5.41) is 4.30. The number of benzene rings is 6. The first-order valence-electron chi connectivity index (χ1n) is 23.0. The van der Waals surface area contributed by atoms with Crippen molar-refractivity contribution < 1.29 is 47.4 Å². The minimum absolute atomic E-state index is 0.0867. The molecule has 68 heavy (non-hydrogen) atoms. The van der Waals surface area contributed by atoms with Gasteiger partial charge in [0.1, 0.15) is 48.8 Å². The molecule has 6 aromatic carbocycles. The van der Waals surface area contributed by atoms with Crippen LogP contribution in [-0.4, -0.2) is 81.7 Å². The fraction of sp³-hybridized carbons (Fsp3) is 0.345. The molecule has 13 nitrogen and oxygen atoms in total. The molecule has 0 saturated carbocycles. The van der Waals surface area contributed by atoms with E-state index in [1.54, 1.807) is 7.11 Å². The third-order valence-corrected chi connectivity index (χ3v) is 11.9. The Morgan fingerprint density at radius 3 is 1.15 bits per heavy atom. The van der Waals surface area contributed by atoms with E-state index in [1.165, 1.54) is 0 Å². The van der Waals surface area contributed by atoms with Gasteiger partial charge >= 0.3 is 0 Å². The van der Waals surface area contributed by atoms with E-state index in [2.05, 4.69) is 10.0 Å².